The molecule has 0 aliphatic carbocycles. The second-order valence-electron chi connectivity index (χ2n) is 3.35. The number of pyridine rings is 1. The van der Waals surface area contributed by atoms with Crippen LogP contribution in [0.2, 0.25) is 0 Å². The van der Waals surface area contributed by atoms with Crippen molar-refractivity contribution in [2.75, 3.05) is 13.2 Å². The molecule has 1 unspecified atom stereocenters. The summed E-state index contributed by atoms with van der Waals surface area (Å²) in [6.07, 6.45) is 6.09. The summed E-state index contributed by atoms with van der Waals surface area (Å²) in [5.74, 6) is 0. The zero-order valence-corrected chi connectivity index (χ0v) is 9.15. The van der Waals surface area contributed by atoms with Crippen LogP contribution in [0.5, 0.6) is 0 Å². The maximum Gasteiger partial charge on any atom is 0.0885 e. The third-order valence-corrected chi connectivity index (χ3v) is 2.21. The fraction of sp³-hybridized carbons (Fsp3) is 0.417. The second-order valence-corrected chi connectivity index (χ2v) is 3.35. The smallest absolute Gasteiger partial charge is 0.0885 e. The molecule has 1 N–H and O–H groups in total. The highest BCUT2D eigenvalue weighted by atomic mass is 16.5. The molecule has 0 saturated carbocycles. The van der Waals surface area contributed by atoms with Crippen LogP contribution in [0.25, 0.3) is 0 Å². The molecular formula is C12H18N2O. The van der Waals surface area contributed by atoms with Gasteiger partial charge in [0.15, 0.2) is 0 Å². The molecule has 0 bridgehead atoms. The van der Waals surface area contributed by atoms with Crippen LogP contribution < -0.4 is 5.32 Å². The van der Waals surface area contributed by atoms with Crippen LogP contribution in [0.15, 0.2) is 37.4 Å². The molecule has 0 saturated heterocycles. The highest BCUT2D eigenvalue weighted by molar-refractivity contribution is 5.13. The van der Waals surface area contributed by atoms with Gasteiger partial charge in [-0.3, -0.25) is 4.98 Å². The first-order valence-corrected chi connectivity index (χ1v) is 5.20. The molecule has 1 rings (SSSR count). The molecule has 0 radical (unpaired) electrons. The highest BCUT2D eigenvalue weighted by Gasteiger charge is 2.02. The van der Waals surface area contributed by atoms with Gasteiger partial charge >= 0.3 is 0 Å². The van der Waals surface area contributed by atoms with Gasteiger partial charge in [-0.05, 0) is 37.6 Å². The quantitative estimate of drug-likeness (QED) is 0.549. The summed E-state index contributed by atoms with van der Waals surface area (Å²) in [6, 6.07) is 4.41. The molecule has 1 atom stereocenters. The van der Waals surface area contributed by atoms with Crippen LogP contribution in [-0.4, -0.2) is 18.1 Å². The van der Waals surface area contributed by atoms with Crippen molar-refractivity contribution in [2.45, 2.75) is 19.4 Å². The van der Waals surface area contributed by atoms with Gasteiger partial charge in [-0.25, -0.2) is 0 Å². The van der Waals surface area contributed by atoms with Gasteiger partial charge in [0.25, 0.3) is 0 Å². The van der Waals surface area contributed by atoms with Crippen molar-refractivity contribution in [3.8, 4) is 0 Å². The Bertz CT molecular complexity index is 274. The summed E-state index contributed by atoms with van der Waals surface area (Å²) >= 11 is 0. The van der Waals surface area contributed by atoms with Crippen molar-refractivity contribution in [3.05, 3.63) is 42.9 Å². The van der Waals surface area contributed by atoms with E-state index in [2.05, 4.69) is 23.8 Å². The van der Waals surface area contributed by atoms with Crippen LogP contribution in [0.1, 0.15) is 24.9 Å². The first kappa shape index (κ1) is 11.7. The number of hydrogen-bond acceptors (Lipinski definition) is 3. The van der Waals surface area contributed by atoms with Gasteiger partial charge in [0, 0.05) is 18.4 Å². The number of ether oxygens (including phenoxy) is 1. The predicted molar refractivity (Wildman–Crippen MR) is 61.4 cm³/mol. The maximum absolute atomic E-state index is 5.03. The van der Waals surface area contributed by atoms with E-state index in [0.717, 1.165) is 19.6 Å². The molecular weight excluding hydrogens is 188 g/mol. The number of nitrogens with zero attached hydrogens (tertiary/aromatic N) is 1. The Labute approximate surface area is 91.2 Å². The van der Waals surface area contributed by atoms with Gasteiger partial charge in [-0.2, -0.15) is 0 Å². The average Bonchev–Trinajstić information content (AvgIpc) is 2.30. The first-order valence-electron chi connectivity index (χ1n) is 5.20. The van der Waals surface area contributed by atoms with E-state index in [-0.39, 0.29) is 0 Å². The number of rotatable bonds is 7. The van der Waals surface area contributed by atoms with Crippen LogP contribution >= 0.6 is 0 Å². The van der Waals surface area contributed by atoms with Gasteiger partial charge in [0.2, 0.25) is 0 Å². The molecule has 3 heteroatoms. The van der Waals surface area contributed by atoms with Crippen LogP contribution in [0.3, 0.4) is 0 Å². The number of nitrogens with one attached hydrogen (secondary N) is 1. The Kier molecular flexibility index (Phi) is 5.48. The molecule has 3 nitrogen and oxygen atoms in total. The standard InChI is InChI=1S/C12H18N2O/c1-3-15-10-4-7-14-11(2)12-5-8-13-9-6-12/h3,5-6,8-9,11,14H,1,4,7,10H2,2H3. The Morgan fingerprint density at radius 1 is 1.53 bits per heavy atom. The normalized spacial score (nSPS) is 12.1. The van der Waals surface area contributed by atoms with Crippen LogP contribution in [-0.2, 0) is 4.74 Å². The van der Waals surface area contributed by atoms with E-state index in [0.29, 0.717) is 6.04 Å². The fourth-order valence-electron chi connectivity index (χ4n) is 1.33. The molecule has 0 spiro atoms. The van der Waals surface area contributed by atoms with Crippen molar-refractivity contribution < 1.29 is 4.74 Å². The summed E-state index contributed by atoms with van der Waals surface area (Å²) in [5, 5.41) is 3.42. The Balaban J connectivity index is 2.19. The molecule has 1 heterocycles. The number of aromatic nitrogens is 1. The van der Waals surface area contributed by atoms with E-state index in [1.165, 1.54) is 11.8 Å². The van der Waals surface area contributed by atoms with Crippen molar-refractivity contribution >= 4 is 0 Å². The third kappa shape index (κ3) is 4.61. The van der Waals surface area contributed by atoms with Gasteiger partial charge < -0.3 is 10.1 Å². The first-order chi connectivity index (χ1) is 7.34. The predicted octanol–water partition coefficient (Wildman–Crippen LogP) is 2.28. The Morgan fingerprint density at radius 3 is 2.93 bits per heavy atom. The summed E-state index contributed by atoms with van der Waals surface area (Å²) in [6.45, 7) is 7.30. The van der Waals surface area contributed by atoms with Crippen molar-refractivity contribution in [1.82, 2.24) is 10.3 Å². The fourth-order valence-corrected chi connectivity index (χ4v) is 1.33. The van der Waals surface area contributed by atoms with E-state index >= 15 is 0 Å². The molecule has 0 aliphatic rings. The monoisotopic (exact) mass is 206 g/mol. The minimum absolute atomic E-state index is 0.358. The highest BCUT2D eigenvalue weighted by Crippen LogP contribution is 2.09. The second kappa shape index (κ2) is 7.01. The summed E-state index contributed by atoms with van der Waals surface area (Å²) in [5.41, 5.74) is 1.26. The minimum atomic E-state index is 0.358. The molecule has 82 valence electrons. The lowest BCUT2D eigenvalue weighted by molar-refractivity contribution is 0.243. The van der Waals surface area contributed by atoms with Gasteiger partial charge in [0.05, 0.1) is 12.9 Å². The lowest BCUT2D eigenvalue weighted by atomic mass is 10.1. The molecule has 15 heavy (non-hydrogen) atoms. The van der Waals surface area contributed by atoms with Gasteiger partial charge in [-0.1, -0.05) is 6.58 Å². The Morgan fingerprint density at radius 2 is 2.27 bits per heavy atom. The van der Waals surface area contributed by atoms with Crippen molar-refractivity contribution in [2.24, 2.45) is 0 Å². The van der Waals surface area contributed by atoms with Crippen molar-refractivity contribution in [1.29, 1.82) is 0 Å². The zero-order valence-electron chi connectivity index (χ0n) is 9.15. The summed E-state index contributed by atoms with van der Waals surface area (Å²) in [4.78, 5) is 3.99. The SMILES string of the molecule is C=COCCCNC(C)c1ccncc1. The third-order valence-electron chi connectivity index (χ3n) is 2.21. The molecule has 0 fully saturated rings. The van der Waals surface area contributed by atoms with E-state index in [1.807, 2.05) is 24.5 Å². The number of hydrogen-bond donors (Lipinski definition) is 1. The van der Waals surface area contributed by atoms with E-state index < -0.39 is 0 Å². The topological polar surface area (TPSA) is 34.1 Å². The molecule has 1 aromatic heterocycles. The maximum atomic E-state index is 5.03. The zero-order chi connectivity index (χ0) is 10.9. The molecule has 0 amide bonds. The van der Waals surface area contributed by atoms with Crippen LogP contribution in [0.4, 0.5) is 0 Å². The lowest BCUT2D eigenvalue weighted by Crippen LogP contribution is -2.20. The van der Waals surface area contributed by atoms with Gasteiger partial charge in [0.1, 0.15) is 0 Å². The van der Waals surface area contributed by atoms with Crippen LogP contribution in [0, 0.1) is 0 Å². The minimum Gasteiger partial charge on any atom is -0.502 e. The lowest BCUT2D eigenvalue weighted by Gasteiger charge is -2.13. The molecule has 0 aromatic carbocycles. The molecule has 1 aromatic rings. The van der Waals surface area contributed by atoms with E-state index in [1.54, 1.807) is 0 Å². The molecule has 0 aliphatic heterocycles. The van der Waals surface area contributed by atoms with E-state index in [4.69, 9.17) is 4.74 Å². The van der Waals surface area contributed by atoms with Gasteiger partial charge in [-0.15, -0.1) is 0 Å². The summed E-state index contributed by atoms with van der Waals surface area (Å²) in [7, 11) is 0. The average molecular weight is 206 g/mol. The Hall–Kier alpha value is -1.35. The largest absolute Gasteiger partial charge is 0.502 e. The summed E-state index contributed by atoms with van der Waals surface area (Å²) < 4.78 is 5.03. The van der Waals surface area contributed by atoms with Crippen molar-refractivity contribution in [3.63, 3.8) is 0 Å². The van der Waals surface area contributed by atoms with E-state index in [9.17, 15) is 0 Å².